The zero-order valence-corrected chi connectivity index (χ0v) is 32.5. The molecule has 0 bridgehead atoms. The van der Waals surface area contributed by atoms with E-state index in [0.29, 0.717) is 30.0 Å². The minimum absolute atomic E-state index is 0.0165. The highest BCUT2D eigenvalue weighted by Crippen LogP contribution is 2.41. The van der Waals surface area contributed by atoms with E-state index in [-0.39, 0.29) is 43.2 Å². The van der Waals surface area contributed by atoms with Gasteiger partial charge in [-0.2, -0.15) is 5.53 Å². The summed E-state index contributed by atoms with van der Waals surface area (Å²) in [6.07, 6.45) is 10.2. The van der Waals surface area contributed by atoms with Gasteiger partial charge in [-0.05, 0) is 55.6 Å². The van der Waals surface area contributed by atoms with Gasteiger partial charge in [0.05, 0.1) is 18.3 Å². The van der Waals surface area contributed by atoms with Gasteiger partial charge in [0.2, 0.25) is 23.5 Å². The first kappa shape index (κ1) is 39.5. The van der Waals surface area contributed by atoms with Crippen molar-refractivity contribution in [2.45, 2.75) is 135 Å². The van der Waals surface area contributed by atoms with Gasteiger partial charge in [0, 0.05) is 53.7 Å². The minimum atomic E-state index is -1.06. The molecule has 4 amide bonds. The minimum Gasteiger partial charge on any atom is -0.387 e. The fourth-order valence-electron chi connectivity index (χ4n) is 8.12. The largest absolute Gasteiger partial charge is 0.387 e. The third-order valence-electron chi connectivity index (χ3n) is 11.3. The van der Waals surface area contributed by atoms with Crippen molar-refractivity contribution in [3.63, 3.8) is 0 Å². The molecule has 1 saturated heterocycles. The van der Waals surface area contributed by atoms with Crippen LogP contribution in [0.4, 0.5) is 0 Å². The van der Waals surface area contributed by atoms with Crippen LogP contribution in [0.2, 0.25) is 5.02 Å². The van der Waals surface area contributed by atoms with Crippen LogP contribution in [0, 0.1) is 17.3 Å². The summed E-state index contributed by atoms with van der Waals surface area (Å²) in [7, 11) is 0. The molecule has 1 aromatic carbocycles. The number of nitrogens with zero attached hydrogens (tertiary/aromatic N) is 2. The van der Waals surface area contributed by atoms with Crippen molar-refractivity contribution in [1.29, 1.82) is 0 Å². The lowest BCUT2D eigenvalue weighted by atomic mass is 9.77. The summed E-state index contributed by atoms with van der Waals surface area (Å²) in [6.45, 7) is 7.57. The van der Waals surface area contributed by atoms with Crippen LogP contribution < -0.4 is 32.3 Å². The second-order valence-electron chi connectivity index (χ2n) is 16.7. The monoisotopic (exact) mass is 766 g/mol. The molecule has 1 aromatic rings. The lowest BCUT2D eigenvalue weighted by molar-refractivity contribution is -0.146. The molecule has 2 saturated carbocycles. The van der Waals surface area contributed by atoms with Crippen LogP contribution in [0.15, 0.2) is 41.3 Å². The number of amides is 4. The third kappa shape index (κ3) is 9.37. The predicted octanol–water partition coefficient (Wildman–Crippen LogP) is 3.51. The Hall–Kier alpha value is -4.17. The molecule has 54 heavy (non-hydrogen) atoms. The van der Waals surface area contributed by atoms with E-state index in [1.807, 2.05) is 39.8 Å². The van der Waals surface area contributed by atoms with Gasteiger partial charge < -0.3 is 36.5 Å². The van der Waals surface area contributed by atoms with E-state index < -0.39 is 52.6 Å². The van der Waals surface area contributed by atoms with Gasteiger partial charge in [-0.25, -0.2) is 0 Å². The molecule has 3 fully saturated rings. The number of ketones is 1. The van der Waals surface area contributed by atoms with Crippen molar-refractivity contribution >= 4 is 46.7 Å². The topological polar surface area (TPSA) is 182 Å². The smallest absolute Gasteiger partial charge is 0.289 e. The van der Waals surface area contributed by atoms with Crippen LogP contribution in [0.5, 0.6) is 0 Å². The van der Waals surface area contributed by atoms with E-state index >= 15 is 0 Å². The van der Waals surface area contributed by atoms with E-state index in [9.17, 15) is 24.0 Å². The zero-order chi connectivity index (χ0) is 38.6. The maximum Gasteiger partial charge on any atom is 0.289 e. The highest BCUT2D eigenvalue weighted by molar-refractivity contribution is 6.38. The Morgan fingerprint density at radius 1 is 1.07 bits per heavy atom. The molecule has 6 N–H and O–H groups in total. The Morgan fingerprint density at radius 2 is 1.83 bits per heavy atom. The molecule has 294 valence electrons. The Balaban J connectivity index is 1.26. The van der Waals surface area contributed by atoms with Crippen molar-refractivity contribution < 1.29 is 28.8 Å². The Morgan fingerprint density at radius 3 is 2.48 bits per heavy atom. The molecule has 3 heterocycles. The molecular weight excluding hydrogens is 712 g/mol. The van der Waals surface area contributed by atoms with Crippen LogP contribution >= 0.6 is 11.6 Å². The van der Waals surface area contributed by atoms with Crippen molar-refractivity contribution in [1.82, 2.24) is 37.2 Å². The predicted molar refractivity (Wildman–Crippen MR) is 203 cm³/mol. The first-order valence-corrected chi connectivity index (χ1v) is 19.9. The fourth-order valence-corrected chi connectivity index (χ4v) is 8.31. The number of benzene rings is 1. The number of hydrazine groups is 2. The average molecular weight is 767 g/mol. The number of carbonyl (C=O) groups excluding carboxylic acids is 5. The van der Waals surface area contributed by atoms with Gasteiger partial charge in [0.1, 0.15) is 12.1 Å². The quantitative estimate of drug-likeness (QED) is 0.155. The molecule has 3 aliphatic heterocycles. The first-order chi connectivity index (χ1) is 25.8. The number of Topliss-reactive ketones (excluding diaryl/α,β-unsaturated/α-hetero) is 1. The lowest BCUT2D eigenvalue weighted by Crippen LogP contribution is -2.60. The fraction of sp³-hybridized carbons (Fsp3) is 0.641. The lowest BCUT2D eigenvalue weighted by Gasteiger charge is -2.37. The maximum atomic E-state index is 15.0. The first-order valence-electron chi connectivity index (χ1n) is 19.5. The van der Waals surface area contributed by atoms with Crippen LogP contribution in [0.25, 0.3) is 0 Å². The van der Waals surface area contributed by atoms with E-state index in [0.717, 1.165) is 56.2 Å². The molecule has 0 aromatic heterocycles. The Kier molecular flexibility index (Phi) is 12.2. The molecule has 1 spiro atoms. The summed E-state index contributed by atoms with van der Waals surface area (Å²) in [6, 6.07) is 4.11. The van der Waals surface area contributed by atoms with E-state index in [2.05, 4.69) is 37.5 Å². The molecule has 5 atom stereocenters. The normalized spacial score (nSPS) is 24.3. The average Bonchev–Trinajstić information content (AvgIpc) is 3.49. The number of likely N-dealkylation sites (tertiary alicyclic amines) is 1. The molecule has 0 unspecified atom stereocenters. The molecule has 2 aliphatic carbocycles. The van der Waals surface area contributed by atoms with Gasteiger partial charge in [0.15, 0.2) is 5.60 Å². The number of hydrogen-bond acceptors (Lipinski definition) is 10. The Bertz CT molecular complexity index is 1670. The molecule has 5 aliphatic rings. The number of halogens is 1. The molecule has 14 nitrogen and oxygen atoms in total. The summed E-state index contributed by atoms with van der Waals surface area (Å²) in [4.78, 5) is 77.3. The van der Waals surface area contributed by atoms with Crippen molar-refractivity contribution in [2.75, 3.05) is 6.54 Å². The standard InChI is InChI=1S/C39H55ClN8O6/c1-5-10-29(32(49)36(52)42-26-15-16-26)43-35(51)31-20-39(19-30(46-54-39)24-13-9-14-25(40)17-24)22-48(31)37(53)33(38(2,3)4)44-34(50)28(18-27-21-41-47-45-27)23-11-7-6-8-12-23/h9,13-14,17,21,23,26,28-29,31,33,41,45,47H,5-8,10-12,15-16,18-20,22H2,1-4H3,(H,42,52)(H,43,51)(H,44,50)/t28-,29-,31-,33+,39+/m0/s1. The van der Waals surface area contributed by atoms with Crippen LogP contribution in [-0.4, -0.2) is 76.3 Å². The third-order valence-corrected chi connectivity index (χ3v) is 11.5. The molecule has 6 rings (SSSR count). The van der Waals surface area contributed by atoms with Crippen molar-refractivity contribution in [2.24, 2.45) is 22.4 Å². The molecule has 15 heteroatoms. The SMILES string of the molecule is CCC[C@H](NC(=O)[C@@H]1C[C@]2(CC(c3cccc(Cl)c3)=NO2)CN1C(=O)[C@@H](NC(=O)[C@@H](CC1=CNNN1)C1CCCCC1)C(C)(C)C)C(=O)C(=O)NC1CC1. The number of allylic oxidation sites excluding steroid dienone is 1. The summed E-state index contributed by atoms with van der Waals surface area (Å²) < 4.78 is 0. The second-order valence-corrected chi connectivity index (χ2v) is 17.2. The van der Waals surface area contributed by atoms with E-state index in [1.165, 1.54) is 4.90 Å². The number of rotatable bonds is 14. The van der Waals surface area contributed by atoms with Crippen LogP contribution in [-0.2, 0) is 28.8 Å². The summed E-state index contributed by atoms with van der Waals surface area (Å²) in [5.74, 6) is -2.85. The summed E-state index contributed by atoms with van der Waals surface area (Å²) in [5.41, 5.74) is 9.31. The van der Waals surface area contributed by atoms with Crippen LogP contribution in [0.3, 0.4) is 0 Å². The highest BCUT2D eigenvalue weighted by atomic mass is 35.5. The zero-order valence-electron chi connectivity index (χ0n) is 31.8. The van der Waals surface area contributed by atoms with Crippen molar-refractivity contribution in [3.8, 4) is 0 Å². The number of hydrogen-bond donors (Lipinski definition) is 6. The molecule has 0 radical (unpaired) electrons. The van der Waals surface area contributed by atoms with Gasteiger partial charge >= 0.3 is 0 Å². The summed E-state index contributed by atoms with van der Waals surface area (Å²) in [5, 5.41) is 13.7. The maximum absolute atomic E-state index is 15.0. The van der Waals surface area contributed by atoms with Gasteiger partial charge in [-0.15, -0.1) is 0 Å². The Labute approximate surface area is 322 Å². The number of carbonyl (C=O) groups is 5. The van der Waals surface area contributed by atoms with Gasteiger partial charge in [-0.1, -0.05) is 82.3 Å². The summed E-state index contributed by atoms with van der Waals surface area (Å²) >= 11 is 6.29. The van der Waals surface area contributed by atoms with Gasteiger partial charge in [0.25, 0.3) is 5.91 Å². The van der Waals surface area contributed by atoms with E-state index in [1.54, 1.807) is 18.3 Å². The highest BCUT2D eigenvalue weighted by Gasteiger charge is 2.56. The molecular formula is C39H55ClN8O6. The second kappa shape index (κ2) is 16.7. The van der Waals surface area contributed by atoms with E-state index in [4.69, 9.17) is 16.4 Å². The number of oxime groups is 1. The van der Waals surface area contributed by atoms with Crippen molar-refractivity contribution in [3.05, 3.63) is 46.7 Å². The van der Waals surface area contributed by atoms with Gasteiger partial charge in [-0.3, -0.25) is 24.0 Å². The van der Waals surface area contributed by atoms with Crippen LogP contribution in [0.1, 0.15) is 110 Å². The number of nitrogens with one attached hydrogen (secondary N) is 6.